The quantitative estimate of drug-likeness (QED) is 0.452. The van der Waals surface area contributed by atoms with E-state index in [0.29, 0.717) is 0 Å². The van der Waals surface area contributed by atoms with E-state index in [1.54, 1.807) is 0 Å². The molecule has 0 N–H and O–H groups in total. The van der Waals surface area contributed by atoms with Gasteiger partial charge in [-0.15, -0.1) is 0 Å². The zero-order chi connectivity index (χ0) is 13.3. The van der Waals surface area contributed by atoms with Gasteiger partial charge < -0.3 is 4.74 Å². The SMILES string of the molecule is COc1ccc([N+](=O)[O-])cc1N1C(=O)C=CC1=O. The Hall–Kier alpha value is -2.70. The number of ether oxygens (including phenoxy) is 1. The number of hydrogen-bond donors (Lipinski definition) is 0. The predicted molar refractivity (Wildman–Crippen MR) is 61.3 cm³/mol. The molecule has 0 spiro atoms. The minimum atomic E-state index is -0.610. The first-order valence-corrected chi connectivity index (χ1v) is 4.93. The lowest BCUT2D eigenvalue weighted by atomic mass is 10.2. The van der Waals surface area contributed by atoms with E-state index in [4.69, 9.17) is 4.74 Å². The molecule has 0 radical (unpaired) electrons. The van der Waals surface area contributed by atoms with Crippen molar-refractivity contribution < 1.29 is 19.2 Å². The summed E-state index contributed by atoms with van der Waals surface area (Å²) in [4.78, 5) is 34.0. The van der Waals surface area contributed by atoms with Crippen molar-refractivity contribution in [1.82, 2.24) is 0 Å². The van der Waals surface area contributed by atoms with Crippen LogP contribution in [-0.2, 0) is 9.59 Å². The highest BCUT2D eigenvalue weighted by molar-refractivity contribution is 6.28. The molecule has 18 heavy (non-hydrogen) atoms. The number of nitrogens with zero attached hydrogens (tertiary/aromatic N) is 2. The normalized spacial score (nSPS) is 14.2. The van der Waals surface area contributed by atoms with E-state index in [0.717, 1.165) is 23.1 Å². The molecule has 7 heteroatoms. The van der Waals surface area contributed by atoms with Crippen molar-refractivity contribution in [2.24, 2.45) is 0 Å². The molecule has 0 atom stereocenters. The van der Waals surface area contributed by atoms with Crippen LogP contribution < -0.4 is 9.64 Å². The monoisotopic (exact) mass is 248 g/mol. The third-order valence-corrected chi connectivity index (χ3v) is 2.42. The molecule has 0 unspecified atom stereocenters. The Morgan fingerprint density at radius 3 is 2.33 bits per heavy atom. The number of methoxy groups -OCH3 is 1. The van der Waals surface area contributed by atoms with Crippen LogP contribution in [0.5, 0.6) is 5.75 Å². The fourth-order valence-corrected chi connectivity index (χ4v) is 1.60. The molecule has 1 aromatic carbocycles. The summed E-state index contributed by atoms with van der Waals surface area (Å²) in [5.74, 6) is -0.899. The van der Waals surface area contributed by atoms with Crippen molar-refractivity contribution in [3.05, 3.63) is 40.5 Å². The number of imide groups is 1. The molecule has 7 nitrogen and oxygen atoms in total. The van der Waals surface area contributed by atoms with Crippen LogP contribution in [-0.4, -0.2) is 23.8 Å². The summed E-state index contributed by atoms with van der Waals surface area (Å²) in [7, 11) is 1.35. The number of carbonyl (C=O) groups is 2. The van der Waals surface area contributed by atoms with Crippen LogP contribution in [0.25, 0.3) is 0 Å². The summed E-state index contributed by atoms with van der Waals surface area (Å²) in [5.41, 5.74) is -0.162. The molecule has 0 saturated carbocycles. The smallest absolute Gasteiger partial charge is 0.271 e. The first kappa shape index (κ1) is 11.8. The van der Waals surface area contributed by atoms with Crippen LogP contribution in [0.2, 0.25) is 0 Å². The lowest BCUT2D eigenvalue weighted by molar-refractivity contribution is -0.384. The van der Waals surface area contributed by atoms with Crippen molar-refractivity contribution in [2.75, 3.05) is 12.0 Å². The standard InChI is InChI=1S/C11H8N2O5/c1-18-9-3-2-7(13(16)17)6-8(9)12-10(14)4-5-11(12)15/h2-6H,1H3. The number of hydrogen-bond acceptors (Lipinski definition) is 5. The van der Waals surface area contributed by atoms with Crippen molar-refractivity contribution in [2.45, 2.75) is 0 Å². The lowest BCUT2D eigenvalue weighted by Crippen LogP contribution is -2.30. The molecule has 2 amide bonds. The molecule has 1 aliphatic heterocycles. The molecule has 92 valence electrons. The van der Waals surface area contributed by atoms with Gasteiger partial charge >= 0.3 is 0 Å². The number of non-ortho nitro benzene ring substituents is 1. The lowest BCUT2D eigenvalue weighted by Gasteiger charge is -2.16. The van der Waals surface area contributed by atoms with Crippen LogP contribution in [0.1, 0.15) is 0 Å². The second-order valence-electron chi connectivity index (χ2n) is 3.46. The molecule has 1 aliphatic rings. The zero-order valence-corrected chi connectivity index (χ0v) is 9.32. The van der Waals surface area contributed by atoms with Gasteiger partial charge in [0.2, 0.25) is 0 Å². The van der Waals surface area contributed by atoms with Gasteiger partial charge in [0, 0.05) is 24.3 Å². The molecule has 1 aromatic rings. The maximum absolute atomic E-state index is 11.5. The second-order valence-corrected chi connectivity index (χ2v) is 3.46. The van der Waals surface area contributed by atoms with Gasteiger partial charge in [-0.1, -0.05) is 0 Å². The van der Waals surface area contributed by atoms with Gasteiger partial charge in [0.05, 0.1) is 12.0 Å². The van der Waals surface area contributed by atoms with Gasteiger partial charge in [0.1, 0.15) is 11.4 Å². The highest BCUT2D eigenvalue weighted by Gasteiger charge is 2.29. The summed E-state index contributed by atoms with van der Waals surface area (Å²) >= 11 is 0. The van der Waals surface area contributed by atoms with Crippen molar-refractivity contribution in [3.8, 4) is 5.75 Å². The Labute approximate surface area is 101 Å². The molecular weight excluding hydrogens is 240 g/mol. The molecule has 0 aliphatic carbocycles. The fourth-order valence-electron chi connectivity index (χ4n) is 1.60. The highest BCUT2D eigenvalue weighted by atomic mass is 16.6. The largest absolute Gasteiger partial charge is 0.495 e. The summed E-state index contributed by atoms with van der Waals surface area (Å²) in [6.45, 7) is 0. The van der Waals surface area contributed by atoms with Gasteiger partial charge in [-0.2, -0.15) is 0 Å². The summed E-state index contributed by atoms with van der Waals surface area (Å²) in [6.07, 6.45) is 2.20. The Bertz CT molecular complexity index is 561. The zero-order valence-electron chi connectivity index (χ0n) is 9.32. The van der Waals surface area contributed by atoms with Crippen LogP contribution in [0.3, 0.4) is 0 Å². The van der Waals surface area contributed by atoms with E-state index >= 15 is 0 Å². The number of amides is 2. The van der Waals surface area contributed by atoms with Crippen LogP contribution >= 0.6 is 0 Å². The van der Waals surface area contributed by atoms with Gasteiger partial charge in [-0.25, -0.2) is 4.90 Å². The topological polar surface area (TPSA) is 89.8 Å². The summed E-state index contributed by atoms with van der Waals surface area (Å²) in [5, 5.41) is 10.7. The first-order valence-electron chi connectivity index (χ1n) is 4.93. The van der Waals surface area contributed by atoms with Crippen molar-refractivity contribution in [1.29, 1.82) is 0 Å². The molecule has 0 bridgehead atoms. The fraction of sp³-hybridized carbons (Fsp3) is 0.0909. The number of nitro groups is 1. The first-order chi connectivity index (χ1) is 8.54. The van der Waals surface area contributed by atoms with Gasteiger partial charge in [-0.3, -0.25) is 19.7 Å². The number of rotatable bonds is 3. The molecule has 0 fully saturated rings. The van der Waals surface area contributed by atoms with Crippen LogP contribution in [0, 0.1) is 10.1 Å². The molecule has 1 heterocycles. The Morgan fingerprint density at radius 2 is 1.83 bits per heavy atom. The number of carbonyl (C=O) groups excluding carboxylic acids is 2. The number of nitro benzene ring substituents is 1. The van der Waals surface area contributed by atoms with Gasteiger partial charge in [-0.05, 0) is 6.07 Å². The van der Waals surface area contributed by atoms with E-state index in [-0.39, 0.29) is 17.1 Å². The van der Waals surface area contributed by atoms with Gasteiger partial charge in [0.25, 0.3) is 17.5 Å². The average molecular weight is 248 g/mol. The maximum Gasteiger partial charge on any atom is 0.271 e. The average Bonchev–Trinajstić information content (AvgIpc) is 2.68. The highest BCUT2D eigenvalue weighted by Crippen LogP contribution is 2.33. The Morgan fingerprint density at radius 1 is 1.22 bits per heavy atom. The maximum atomic E-state index is 11.5. The Balaban J connectivity index is 2.54. The predicted octanol–water partition coefficient (Wildman–Crippen LogP) is 1.03. The molecule has 2 rings (SSSR count). The third kappa shape index (κ3) is 1.81. The summed E-state index contributed by atoms with van der Waals surface area (Å²) in [6, 6.07) is 3.70. The van der Waals surface area contributed by atoms with Crippen molar-refractivity contribution in [3.63, 3.8) is 0 Å². The number of anilines is 1. The minimum absolute atomic E-state index is 0.0618. The summed E-state index contributed by atoms with van der Waals surface area (Å²) < 4.78 is 4.99. The van der Waals surface area contributed by atoms with Gasteiger partial charge in [0.15, 0.2) is 0 Å². The van der Waals surface area contributed by atoms with E-state index < -0.39 is 16.7 Å². The second kappa shape index (κ2) is 4.28. The van der Waals surface area contributed by atoms with Crippen molar-refractivity contribution >= 4 is 23.2 Å². The molecular formula is C11H8N2O5. The van der Waals surface area contributed by atoms with Crippen LogP contribution in [0.15, 0.2) is 30.4 Å². The molecule has 0 saturated heterocycles. The van der Waals surface area contributed by atoms with E-state index in [2.05, 4.69) is 0 Å². The van der Waals surface area contributed by atoms with Crippen LogP contribution in [0.4, 0.5) is 11.4 Å². The van der Waals surface area contributed by atoms with E-state index in [9.17, 15) is 19.7 Å². The third-order valence-electron chi connectivity index (χ3n) is 2.42. The number of benzene rings is 1. The van der Waals surface area contributed by atoms with E-state index in [1.165, 1.54) is 19.2 Å². The minimum Gasteiger partial charge on any atom is -0.495 e. The van der Waals surface area contributed by atoms with E-state index in [1.807, 2.05) is 0 Å². The Kier molecular flexibility index (Phi) is 2.80. The molecule has 0 aromatic heterocycles.